The van der Waals surface area contributed by atoms with Crippen LogP contribution in [0.4, 0.5) is 5.69 Å². The zero-order valence-electron chi connectivity index (χ0n) is 16.2. The van der Waals surface area contributed by atoms with Crippen molar-refractivity contribution in [3.8, 4) is 10.6 Å². The van der Waals surface area contributed by atoms with Gasteiger partial charge in [-0.05, 0) is 36.4 Å². The Morgan fingerprint density at radius 2 is 1.83 bits per heavy atom. The number of fused-ring (bicyclic) bond motifs is 2. The first-order chi connectivity index (χ1) is 14.2. The Morgan fingerprint density at radius 3 is 2.66 bits per heavy atom. The van der Waals surface area contributed by atoms with Crippen LogP contribution in [-0.4, -0.2) is 12.0 Å². The number of allylic oxidation sites excluding steroid dienone is 2. The molecule has 0 saturated heterocycles. The third-order valence-corrected chi connectivity index (χ3v) is 7.26. The highest BCUT2D eigenvalue weighted by Crippen LogP contribution is 2.44. The summed E-state index contributed by atoms with van der Waals surface area (Å²) in [6, 6.07) is 21.1. The van der Waals surface area contributed by atoms with E-state index in [9.17, 15) is 0 Å². The summed E-state index contributed by atoms with van der Waals surface area (Å²) in [5.41, 5.74) is 4.62. The van der Waals surface area contributed by atoms with Crippen LogP contribution in [0.25, 0.3) is 26.9 Å². The summed E-state index contributed by atoms with van der Waals surface area (Å²) in [6.07, 6.45) is 8.59. The number of thiazole rings is 1. The van der Waals surface area contributed by atoms with Crippen molar-refractivity contribution < 1.29 is 4.57 Å². The van der Waals surface area contributed by atoms with Crippen molar-refractivity contribution in [2.45, 2.75) is 4.90 Å². The maximum atomic E-state index is 4.77. The van der Waals surface area contributed by atoms with Crippen molar-refractivity contribution in [3.05, 3.63) is 89.7 Å². The molecule has 0 bridgehead atoms. The first-order valence-electron chi connectivity index (χ1n) is 9.44. The smallest absolute Gasteiger partial charge is 0.204 e. The third-order valence-electron chi connectivity index (χ3n) is 4.99. The highest BCUT2D eigenvalue weighted by Gasteiger charge is 2.20. The molecule has 0 radical (unpaired) electrons. The number of benzene rings is 2. The minimum absolute atomic E-state index is 1.06. The summed E-state index contributed by atoms with van der Waals surface area (Å²) in [6.45, 7) is 0. The van der Waals surface area contributed by atoms with Crippen LogP contribution < -0.4 is 9.47 Å². The van der Waals surface area contributed by atoms with E-state index in [1.807, 2.05) is 17.8 Å². The fourth-order valence-corrected chi connectivity index (χ4v) is 5.43. The Kier molecular flexibility index (Phi) is 4.70. The first kappa shape index (κ1) is 18.2. The van der Waals surface area contributed by atoms with Crippen molar-refractivity contribution in [1.29, 1.82) is 0 Å². The van der Waals surface area contributed by atoms with E-state index in [0.29, 0.717) is 0 Å². The Labute approximate surface area is 178 Å². The summed E-state index contributed by atoms with van der Waals surface area (Å²) >= 11 is 3.54. The number of hydrogen-bond donors (Lipinski definition) is 0. The molecule has 4 aromatic rings. The summed E-state index contributed by atoms with van der Waals surface area (Å²) < 4.78 is 3.37. The molecule has 5 heteroatoms. The SMILES string of the molecule is CN1/C(=C\C=C\c2ccc(-c3nc4ccccc4s3)c[n+]2C)Sc2ccccc21. The second-order valence-electron chi connectivity index (χ2n) is 6.93. The van der Waals surface area contributed by atoms with Crippen molar-refractivity contribution in [1.82, 2.24) is 4.98 Å². The Bertz CT molecular complexity index is 1240. The molecule has 0 spiro atoms. The van der Waals surface area contributed by atoms with Gasteiger partial charge in [0.15, 0.2) is 6.20 Å². The predicted molar refractivity (Wildman–Crippen MR) is 124 cm³/mol. The number of anilines is 1. The van der Waals surface area contributed by atoms with Gasteiger partial charge in [-0.1, -0.05) is 42.1 Å². The van der Waals surface area contributed by atoms with Crippen molar-refractivity contribution in [2.24, 2.45) is 7.05 Å². The second kappa shape index (κ2) is 7.50. The second-order valence-corrected chi connectivity index (χ2v) is 9.03. The highest BCUT2D eigenvalue weighted by molar-refractivity contribution is 8.03. The zero-order chi connectivity index (χ0) is 19.8. The van der Waals surface area contributed by atoms with Gasteiger partial charge < -0.3 is 4.90 Å². The van der Waals surface area contributed by atoms with E-state index < -0.39 is 0 Å². The van der Waals surface area contributed by atoms with Crippen LogP contribution in [0.3, 0.4) is 0 Å². The van der Waals surface area contributed by atoms with Crippen molar-refractivity contribution in [3.63, 3.8) is 0 Å². The molecule has 5 rings (SSSR count). The van der Waals surface area contributed by atoms with E-state index in [2.05, 4.69) is 103 Å². The molecule has 0 aliphatic carbocycles. The molecule has 1 aliphatic heterocycles. The van der Waals surface area contributed by atoms with Gasteiger partial charge in [0.25, 0.3) is 0 Å². The summed E-state index contributed by atoms with van der Waals surface area (Å²) in [4.78, 5) is 8.31. The molecule has 0 amide bonds. The number of aryl methyl sites for hydroxylation is 1. The van der Waals surface area contributed by atoms with Crippen LogP contribution in [0.5, 0.6) is 0 Å². The third kappa shape index (κ3) is 3.48. The molecule has 0 atom stereocenters. The maximum Gasteiger partial charge on any atom is 0.204 e. The van der Waals surface area contributed by atoms with Gasteiger partial charge in [0.1, 0.15) is 12.1 Å². The normalized spacial score (nSPS) is 15.0. The largest absolute Gasteiger partial charge is 0.338 e. The molecule has 0 saturated carbocycles. The first-order valence-corrected chi connectivity index (χ1v) is 11.1. The molecule has 1 aliphatic rings. The van der Waals surface area contributed by atoms with E-state index >= 15 is 0 Å². The molecule has 3 heterocycles. The number of nitrogens with zero attached hydrogens (tertiary/aromatic N) is 3. The number of para-hydroxylation sites is 2. The summed E-state index contributed by atoms with van der Waals surface area (Å²) in [5.74, 6) is 0. The number of rotatable bonds is 3. The summed E-state index contributed by atoms with van der Waals surface area (Å²) in [5, 5.41) is 2.29. The fraction of sp³-hybridized carbons (Fsp3) is 0.0833. The molecular formula is C24H20N3S2+. The zero-order valence-corrected chi connectivity index (χ0v) is 17.9. The van der Waals surface area contributed by atoms with E-state index in [1.54, 1.807) is 11.3 Å². The van der Waals surface area contributed by atoms with E-state index in [0.717, 1.165) is 21.8 Å². The lowest BCUT2D eigenvalue weighted by molar-refractivity contribution is -0.672. The fourth-order valence-electron chi connectivity index (χ4n) is 3.41. The van der Waals surface area contributed by atoms with Crippen LogP contribution >= 0.6 is 23.1 Å². The maximum absolute atomic E-state index is 4.77. The lowest BCUT2D eigenvalue weighted by Gasteiger charge is -2.12. The quantitative estimate of drug-likeness (QED) is 0.390. The van der Waals surface area contributed by atoms with Gasteiger partial charge in [-0.3, -0.25) is 0 Å². The molecule has 2 aromatic heterocycles. The molecular weight excluding hydrogens is 394 g/mol. The minimum atomic E-state index is 1.06. The number of thioether (sulfide) groups is 1. The predicted octanol–water partition coefficient (Wildman–Crippen LogP) is 5.88. The van der Waals surface area contributed by atoms with Gasteiger partial charge in [0.05, 0.1) is 26.5 Å². The summed E-state index contributed by atoms with van der Waals surface area (Å²) in [7, 11) is 4.20. The highest BCUT2D eigenvalue weighted by atomic mass is 32.2. The number of hydrogen-bond acceptors (Lipinski definition) is 4. The Balaban J connectivity index is 1.37. The van der Waals surface area contributed by atoms with Crippen LogP contribution in [0.15, 0.2) is 88.9 Å². The molecule has 3 nitrogen and oxygen atoms in total. The Hall–Kier alpha value is -2.89. The molecule has 142 valence electrons. The molecule has 29 heavy (non-hydrogen) atoms. The number of pyridine rings is 1. The van der Waals surface area contributed by atoms with Gasteiger partial charge in [-0.25, -0.2) is 9.55 Å². The topological polar surface area (TPSA) is 20.0 Å². The van der Waals surface area contributed by atoms with Gasteiger partial charge in [-0.2, -0.15) is 0 Å². The average Bonchev–Trinajstić information content (AvgIpc) is 3.31. The van der Waals surface area contributed by atoms with E-state index in [1.165, 1.54) is 20.3 Å². The van der Waals surface area contributed by atoms with Crippen molar-refractivity contribution >= 4 is 45.1 Å². The van der Waals surface area contributed by atoms with E-state index in [-0.39, 0.29) is 0 Å². The van der Waals surface area contributed by atoms with Gasteiger partial charge in [-0.15, -0.1) is 11.3 Å². The van der Waals surface area contributed by atoms with Crippen LogP contribution in [0.2, 0.25) is 0 Å². The molecule has 0 fully saturated rings. The lowest BCUT2D eigenvalue weighted by atomic mass is 10.2. The molecule has 0 N–H and O–H groups in total. The van der Waals surface area contributed by atoms with Gasteiger partial charge >= 0.3 is 0 Å². The lowest BCUT2D eigenvalue weighted by Crippen LogP contribution is -2.31. The number of aromatic nitrogens is 2. The van der Waals surface area contributed by atoms with Crippen LogP contribution in [0.1, 0.15) is 5.69 Å². The van der Waals surface area contributed by atoms with Gasteiger partial charge in [0, 0.05) is 24.1 Å². The minimum Gasteiger partial charge on any atom is -0.338 e. The molecule has 0 unspecified atom stereocenters. The standard InChI is InChI=1S/C24H20N3S2/c1-26-16-17(24-25-19-9-3-5-11-21(19)29-24)14-15-18(26)8-7-13-23-27(2)20-10-4-6-12-22(20)28-23/h3-16H,1-2H3/q+1. The van der Waals surface area contributed by atoms with Crippen LogP contribution in [0, 0.1) is 0 Å². The average molecular weight is 415 g/mol. The van der Waals surface area contributed by atoms with E-state index in [4.69, 9.17) is 4.98 Å². The van der Waals surface area contributed by atoms with Crippen LogP contribution in [-0.2, 0) is 7.05 Å². The van der Waals surface area contributed by atoms with Crippen molar-refractivity contribution in [2.75, 3.05) is 11.9 Å². The van der Waals surface area contributed by atoms with Gasteiger partial charge in [0.2, 0.25) is 5.69 Å². The molecule has 2 aromatic carbocycles. The monoisotopic (exact) mass is 414 g/mol. The Morgan fingerprint density at radius 1 is 1.00 bits per heavy atom.